The maximum Gasteiger partial charge on any atom is 0 e. The molecule has 0 aliphatic carbocycles. The summed E-state index contributed by atoms with van der Waals surface area (Å²) in [4.78, 5) is 0. The predicted molar refractivity (Wildman–Crippen MR) is 7.84 cm³/mol. The molecule has 0 aromatic carbocycles. The summed E-state index contributed by atoms with van der Waals surface area (Å²) in [5.41, 5.74) is 0. The van der Waals surface area contributed by atoms with Crippen LogP contribution in [-0.2, 0) is 38.0 Å². The Bertz CT molecular complexity index is 8.00. The van der Waals surface area contributed by atoms with E-state index in [0.29, 0.717) is 0 Å². The molecule has 0 aromatic rings. The van der Waals surface area contributed by atoms with Crippen molar-refractivity contribution in [3.05, 3.63) is 0 Å². The summed E-state index contributed by atoms with van der Waals surface area (Å²) in [6.45, 7) is 0. The van der Waals surface area contributed by atoms with Crippen molar-refractivity contribution < 1.29 is 38.0 Å². The molecule has 0 saturated carbocycles. The maximum absolute atomic E-state index is 8.00. The molecule has 0 aliphatic rings. The molecule has 0 fully saturated rings. The van der Waals surface area contributed by atoms with Crippen LogP contribution in [0.5, 0.6) is 0 Å². The molecule has 0 saturated heterocycles. The van der Waals surface area contributed by atoms with E-state index in [-0.39, 0.29) is 33.3 Å². The van der Waals surface area contributed by atoms with E-state index in [4.69, 9.17) is 4.70 Å². The van der Waals surface area contributed by atoms with Crippen LogP contribution in [0.4, 0.5) is 0 Å². The second-order valence-electron chi connectivity index (χ2n) is 0. The fourth-order valence-corrected chi connectivity index (χ4v) is 0. The van der Waals surface area contributed by atoms with Gasteiger partial charge in [-0.1, -0.05) is 0 Å². The summed E-state index contributed by atoms with van der Waals surface area (Å²) in [6, 6.07) is 0. The third-order valence-electron chi connectivity index (χ3n) is 0. The Kier molecular flexibility index (Phi) is 222. The molecule has 4 heavy (non-hydrogen) atoms. The van der Waals surface area contributed by atoms with Crippen molar-refractivity contribution in [2.45, 2.75) is 0 Å². The Labute approximate surface area is 46.1 Å². The van der Waals surface area contributed by atoms with Crippen LogP contribution in [0.25, 0.3) is 0 Å². The van der Waals surface area contributed by atoms with Crippen LogP contribution in [0, 0.1) is 0 Å². The molecule has 0 aliphatic heterocycles. The predicted octanol–water partition coefficient (Wildman–Crippen LogP) is -0.772. The average molecular weight is 145 g/mol. The first-order valence-corrected chi connectivity index (χ1v) is 0.289. The van der Waals surface area contributed by atoms with Crippen LogP contribution in [0.2, 0.25) is 0 Å². The van der Waals surface area contributed by atoms with Crippen molar-refractivity contribution in [1.82, 2.24) is 0 Å². The van der Waals surface area contributed by atoms with Gasteiger partial charge in [0.15, 0.2) is 0 Å². The molecule has 1 nitrogen and oxygen atoms in total. The standard InChI is InChI=1S/BHO.Co.Ni/c1-2;;/h1H;;. The topological polar surface area (TPSA) is 17.1 Å². The minimum absolute atomic E-state index is 0. The molecule has 29 valence electrons. The maximum atomic E-state index is 8.00. The molecule has 0 N–H and O–H groups in total. The second-order valence-corrected chi connectivity index (χ2v) is 0. The fraction of sp³-hybridized carbons (Fsp3) is 0. The first kappa shape index (κ1) is 20.9. The molecule has 4 heteroatoms. The van der Waals surface area contributed by atoms with E-state index in [2.05, 4.69) is 0 Å². The van der Waals surface area contributed by atoms with E-state index in [1.807, 2.05) is 7.72 Å². The van der Waals surface area contributed by atoms with Gasteiger partial charge in [-0.2, -0.15) is 0 Å². The first-order valence-electron chi connectivity index (χ1n) is 0.289. The Hall–Kier alpha value is 0.865. The van der Waals surface area contributed by atoms with Gasteiger partial charge in [-0.05, 0) is 0 Å². The zero-order valence-electron chi connectivity index (χ0n) is 1.76. The molecule has 0 bridgehead atoms. The molecule has 0 heterocycles. The van der Waals surface area contributed by atoms with Crippen molar-refractivity contribution in [1.29, 1.82) is 0 Å². The normalized spacial score (nSPS) is 0.750. The zero-order chi connectivity index (χ0) is 2.00. The SMILES string of the molecule is B=O.[Co].[Ni]. The zero-order valence-corrected chi connectivity index (χ0v) is 3.79. The first-order chi connectivity index (χ1) is 1.00. The van der Waals surface area contributed by atoms with E-state index in [0.717, 1.165) is 0 Å². The van der Waals surface area contributed by atoms with Gasteiger partial charge in [0, 0.05) is 33.3 Å². The van der Waals surface area contributed by atoms with Gasteiger partial charge in [-0.3, -0.25) is 0 Å². The number of hydrogen-bond donors (Lipinski definition) is 0. The summed E-state index contributed by atoms with van der Waals surface area (Å²) in [7, 11) is 2.00. The van der Waals surface area contributed by atoms with Crippen LogP contribution >= 0.6 is 0 Å². The summed E-state index contributed by atoms with van der Waals surface area (Å²) in [5.74, 6) is 0. The van der Waals surface area contributed by atoms with E-state index in [9.17, 15) is 0 Å². The van der Waals surface area contributed by atoms with Crippen LogP contribution in [-0.4, -0.2) is 7.72 Å². The molecule has 0 rings (SSSR count). The van der Waals surface area contributed by atoms with Crippen LogP contribution < -0.4 is 0 Å². The van der Waals surface area contributed by atoms with E-state index in [1.165, 1.54) is 0 Å². The number of rotatable bonds is 0. The smallest absolute Gasteiger partial charge is 0 e. The average Bonchev–Trinajstić information content (AvgIpc) is 1.00. The van der Waals surface area contributed by atoms with Crippen molar-refractivity contribution in [3.63, 3.8) is 0 Å². The fourth-order valence-electron chi connectivity index (χ4n) is 0. The van der Waals surface area contributed by atoms with Crippen molar-refractivity contribution in [2.24, 2.45) is 0 Å². The minimum Gasteiger partial charge on any atom is 0 e. The summed E-state index contributed by atoms with van der Waals surface area (Å²) < 4.78 is 8.00. The Morgan fingerprint density at radius 1 is 1.25 bits per heavy atom. The van der Waals surface area contributed by atoms with Crippen molar-refractivity contribution in [2.75, 3.05) is 0 Å². The third-order valence-corrected chi connectivity index (χ3v) is 0. The summed E-state index contributed by atoms with van der Waals surface area (Å²) >= 11 is 0. The van der Waals surface area contributed by atoms with Gasteiger partial charge in [-0.15, -0.1) is 0 Å². The second kappa shape index (κ2) is 42.4. The summed E-state index contributed by atoms with van der Waals surface area (Å²) in [6.07, 6.45) is 0. The monoisotopic (exact) mass is 145 g/mol. The quantitative estimate of drug-likeness (QED) is 0.409. The van der Waals surface area contributed by atoms with Crippen molar-refractivity contribution in [3.8, 4) is 0 Å². The van der Waals surface area contributed by atoms with Crippen LogP contribution in [0.15, 0.2) is 0 Å². The largest absolute Gasteiger partial charge is 0 e. The Balaban J connectivity index is -0.00000000500. The molecule has 1 radical (unpaired) electrons. The molecule has 0 spiro atoms. The van der Waals surface area contributed by atoms with Gasteiger partial charge in [0.2, 0.25) is 0 Å². The molecular weight excluding hydrogens is 144 g/mol. The Morgan fingerprint density at radius 3 is 1.25 bits per heavy atom. The van der Waals surface area contributed by atoms with Gasteiger partial charge in [0.05, 0.1) is 0 Å². The van der Waals surface area contributed by atoms with E-state index < -0.39 is 0 Å². The van der Waals surface area contributed by atoms with Crippen LogP contribution in [0.1, 0.15) is 0 Å². The molecule has 0 atom stereocenters. The molecular formula is HBCoNiO. The Morgan fingerprint density at radius 2 is 1.25 bits per heavy atom. The summed E-state index contributed by atoms with van der Waals surface area (Å²) in [5, 5.41) is 0. The molecule has 0 amide bonds. The molecule has 0 unspecified atom stereocenters. The van der Waals surface area contributed by atoms with Gasteiger partial charge >= 0.3 is 12.4 Å². The van der Waals surface area contributed by atoms with Gasteiger partial charge in [0.1, 0.15) is 0 Å². The molecule has 0 aromatic heterocycles. The minimum atomic E-state index is 0. The van der Waals surface area contributed by atoms with E-state index in [1.54, 1.807) is 0 Å². The van der Waals surface area contributed by atoms with E-state index >= 15 is 0 Å². The number of hydrogen-bond acceptors (Lipinski definition) is 1. The van der Waals surface area contributed by atoms with Crippen molar-refractivity contribution >= 4 is 7.72 Å². The van der Waals surface area contributed by atoms with Gasteiger partial charge in [-0.25, -0.2) is 0 Å². The third kappa shape index (κ3) is 13.3. The van der Waals surface area contributed by atoms with Crippen LogP contribution in [0.3, 0.4) is 0 Å². The van der Waals surface area contributed by atoms with Gasteiger partial charge in [0.25, 0.3) is 0 Å². The van der Waals surface area contributed by atoms with Gasteiger partial charge < -0.3 is 0 Å².